The molecule has 0 atom stereocenters. The molecule has 0 amide bonds. The molecule has 1 rings (SSSR count). The lowest BCUT2D eigenvalue weighted by atomic mass is 9.91. The summed E-state index contributed by atoms with van der Waals surface area (Å²) in [5.74, 6) is -0.653. The van der Waals surface area contributed by atoms with Gasteiger partial charge in [0.2, 0.25) is 5.88 Å². The van der Waals surface area contributed by atoms with E-state index in [1.165, 1.54) is 6.07 Å². The molecule has 0 spiro atoms. The van der Waals surface area contributed by atoms with E-state index in [2.05, 4.69) is 4.98 Å². The largest absolute Gasteiger partial charge is 0.478 e. The van der Waals surface area contributed by atoms with Crippen molar-refractivity contribution in [3.8, 4) is 5.88 Å². The lowest BCUT2D eigenvalue weighted by Crippen LogP contribution is -2.16. The number of ether oxygens (including phenoxy) is 2. The first kappa shape index (κ1) is 16.4. The minimum atomic E-state index is -0.981. The van der Waals surface area contributed by atoms with Gasteiger partial charge in [0.25, 0.3) is 0 Å². The maximum Gasteiger partial charge on any atom is 0.335 e. The normalized spacial score (nSPS) is 11.4. The van der Waals surface area contributed by atoms with Gasteiger partial charge < -0.3 is 14.6 Å². The van der Waals surface area contributed by atoms with Crippen molar-refractivity contribution in [1.29, 1.82) is 0 Å². The van der Waals surface area contributed by atoms with Crippen LogP contribution in [0.15, 0.2) is 12.1 Å². The van der Waals surface area contributed by atoms with Crippen LogP contribution in [0.25, 0.3) is 0 Å². The van der Waals surface area contributed by atoms with Gasteiger partial charge in [-0.25, -0.2) is 9.78 Å². The van der Waals surface area contributed by atoms with Gasteiger partial charge in [0, 0.05) is 18.1 Å². The molecule has 0 radical (unpaired) electrons. The Hall–Kier alpha value is -1.62. The molecule has 1 N–H and O–H groups in total. The summed E-state index contributed by atoms with van der Waals surface area (Å²) in [6.07, 6.45) is 0.959. The third-order valence-corrected chi connectivity index (χ3v) is 2.64. The summed E-state index contributed by atoms with van der Waals surface area (Å²) in [6, 6.07) is 3.03. The van der Waals surface area contributed by atoms with Crippen LogP contribution in [0, 0.1) is 0 Å². The zero-order chi connectivity index (χ0) is 15.2. The second kappa shape index (κ2) is 7.24. The number of carboxylic acid groups (broad SMARTS) is 1. The molecule has 5 heteroatoms. The minimum Gasteiger partial charge on any atom is -0.478 e. The van der Waals surface area contributed by atoms with Crippen LogP contribution in [0.4, 0.5) is 0 Å². The quantitative estimate of drug-likeness (QED) is 0.778. The monoisotopic (exact) mass is 281 g/mol. The lowest BCUT2D eigenvalue weighted by Gasteiger charge is -2.19. The molecule has 20 heavy (non-hydrogen) atoms. The maximum atomic E-state index is 11.1. The first-order valence-corrected chi connectivity index (χ1v) is 6.81. The smallest absolute Gasteiger partial charge is 0.335 e. The number of hydrogen-bond donors (Lipinski definition) is 1. The molecule has 0 saturated heterocycles. The fourth-order valence-electron chi connectivity index (χ4n) is 1.54. The van der Waals surface area contributed by atoms with Crippen LogP contribution in [0.2, 0.25) is 0 Å². The summed E-state index contributed by atoms with van der Waals surface area (Å²) in [5.41, 5.74) is 0.652. The fraction of sp³-hybridized carbons (Fsp3) is 0.600. The number of aromatic nitrogens is 1. The van der Waals surface area contributed by atoms with Crippen molar-refractivity contribution in [3.05, 3.63) is 23.4 Å². The van der Waals surface area contributed by atoms with Crippen molar-refractivity contribution in [1.82, 2.24) is 4.98 Å². The number of hydrogen-bond acceptors (Lipinski definition) is 4. The van der Waals surface area contributed by atoms with Crippen LogP contribution in [-0.4, -0.2) is 35.9 Å². The van der Waals surface area contributed by atoms with Crippen LogP contribution < -0.4 is 4.74 Å². The summed E-state index contributed by atoms with van der Waals surface area (Å²) in [4.78, 5) is 15.5. The fourth-order valence-corrected chi connectivity index (χ4v) is 1.54. The highest BCUT2D eigenvalue weighted by Crippen LogP contribution is 2.24. The molecule has 5 nitrogen and oxygen atoms in total. The molecule has 0 saturated carbocycles. The highest BCUT2D eigenvalue weighted by Gasteiger charge is 2.19. The average Bonchev–Trinajstić information content (AvgIpc) is 2.37. The summed E-state index contributed by atoms with van der Waals surface area (Å²) < 4.78 is 10.8. The summed E-state index contributed by atoms with van der Waals surface area (Å²) in [6.45, 7) is 9.50. The van der Waals surface area contributed by atoms with Crippen molar-refractivity contribution in [2.45, 2.75) is 39.5 Å². The SMILES string of the molecule is CCCOCCOc1cc(C(=O)O)cc(C(C)(C)C)n1. The van der Waals surface area contributed by atoms with Crippen LogP contribution in [-0.2, 0) is 10.2 Å². The molecule has 0 unspecified atom stereocenters. The maximum absolute atomic E-state index is 11.1. The van der Waals surface area contributed by atoms with E-state index < -0.39 is 5.97 Å². The van der Waals surface area contributed by atoms with Gasteiger partial charge >= 0.3 is 5.97 Å². The minimum absolute atomic E-state index is 0.189. The van der Waals surface area contributed by atoms with Crippen molar-refractivity contribution in [3.63, 3.8) is 0 Å². The van der Waals surface area contributed by atoms with Gasteiger partial charge in [-0.3, -0.25) is 0 Å². The topological polar surface area (TPSA) is 68.7 Å². The first-order chi connectivity index (χ1) is 9.34. The highest BCUT2D eigenvalue weighted by molar-refractivity contribution is 5.88. The average molecular weight is 281 g/mol. The Morgan fingerprint density at radius 2 is 1.95 bits per heavy atom. The van der Waals surface area contributed by atoms with Gasteiger partial charge in [-0.2, -0.15) is 0 Å². The Labute approximate surface area is 119 Å². The molecule has 0 bridgehead atoms. The highest BCUT2D eigenvalue weighted by atomic mass is 16.5. The van der Waals surface area contributed by atoms with Gasteiger partial charge in [0.1, 0.15) is 6.61 Å². The van der Waals surface area contributed by atoms with E-state index in [-0.39, 0.29) is 11.0 Å². The van der Waals surface area contributed by atoms with E-state index in [1.807, 2.05) is 27.7 Å². The number of carboxylic acids is 1. The molecule has 0 aliphatic rings. The van der Waals surface area contributed by atoms with Gasteiger partial charge in [0.15, 0.2) is 0 Å². The van der Waals surface area contributed by atoms with E-state index in [4.69, 9.17) is 14.6 Å². The third-order valence-electron chi connectivity index (χ3n) is 2.64. The van der Waals surface area contributed by atoms with Gasteiger partial charge in [-0.15, -0.1) is 0 Å². The van der Waals surface area contributed by atoms with E-state index >= 15 is 0 Å². The number of carbonyl (C=O) groups is 1. The van der Waals surface area contributed by atoms with Gasteiger partial charge in [-0.1, -0.05) is 27.7 Å². The molecule has 1 aromatic heterocycles. The number of pyridine rings is 1. The first-order valence-electron chi connectivity index (χ1n) is 6.81. The van der Waals surface area contributed by atoms with Gasteiger partial charge in [-0.05, 0) is 12.5 Å². The van der Waals surface area contributed by atoms with Gasteiger partial charge in [0.05, 0.1) is 17.9 Å². The van der Waals surface area contributed by atoms with Crippen LogP contribution in [0.3, 0.4) is 0 Å². The van der Waals surface area contributed by atoms with E-state index in [0.717, 1.165) is 6.42 Å². The van der Waals surface area contributed by atoms with Crippen molar-refractivity contribution in [2.24, 2.45) is 0 Å². The molecule has 1 aromatic rings. The number of nitrogens with zero attached hydrogens (tertiary/aromatic N) is 1. The summed E-state index contributed by atoms with van der Waals surface area (Å²) >= 11 is 0. The second-order valence-electron chi connectivity index (χ2n) is 5.60. The molecule has 1 heterocycles. The van der Waals surface area contributed by atoms with Crippen molar-refractivity contribution in [2.75, 3.05) is 19.8 Å². The van der Waals surface area contributed by atoms with Crippen LogP contribution in [0.5, 0.6) is 5.88 Å². The van der Waals surface area contributed by atoms with Crippen molar-refractivity contribution >= 4 is 5.97 Å². The second-order valence-corrected chi connectivity index (χ2v) is 5.60. The van der Waals surface area contributed by atoms with E-state index in [0.29, 0.717) is 31.4 Å². The molecule has 0 aliphatic heterocycles. The molecule has 0 aliphatic carbocycles. The standard InChI is InChI=1S/C15H23NO4/c1-5-6-19-7-8-20-13-10-11(14(17)18)9-12(16-13)15(2,3)4/h9-10H,5-8H2,1-4H3,(H,17,18). The number of rotatable bonds is 7. The molecule has 0 fully saturated rings. The van der Waals surface area contributed by atoms with E-state index in [1.54, 1.807) is 6.07 Å². The zero-order valence-electron chi connectivity index (χ0n) is 12.6. The lowest BCUT2D eigenvalue weighted by molar-refractivity contribution is 0.0695. The summed E-state index contributed by atoms with van der Waals surface area (Å²) in [5, 5.41) is 9.13. The molecule has 0 aromatic carbocycles. The van der Waals surface area contributed by atoms with Crippen molar-refractivity contribution < 1.29 is 19.4 Å². The zero-order valence-corrected chi connectivity index (χ0v) is 12.6. The predicted octanol–water partition coefficient (Wildman–Crippen LogP) is 2.88. The van der Waals surface area contributed by atoms with Crippen LogP contribution in [0.1, 0.15) is 50.2 Å². The molecule has 112 valence electrons. The number of aromatic carboxylic acids is 1. The van der Waals surface area contributed by atoms with E-state index in [9.17, 15) is 4.79 Å². The Kier molecular flexibility index (Phi) is 5.95. The molecular formula is C15H23NO4. The Balaban J connectivity index is 2.79. The van der Waals surface area contributed by atoms with Crippen LogP contribution >= 0.6 is 0 Å². The summed E-state index contributed by atoms with van der Waals surface area (Å²) in [7, 11) is 0. The Morgan fingerprint density at radius 3 is 2.50 bits per heavy atom. The predicted molar refractivity (Wildman–Crippen MR) is 76.5 cm³/mol. The Morgan fingerprint density at radius 1 is 1.25 bits per heavy atom. The third kappa shape index (κ3) is 5.17. The molecular weight excluding hydrogens is 258 g/mol. The Bertz CT molecular complexity index is 452.